The Balaban J connectivity index is 2.02. The molecular formula is C13H12BrNO2. The molecule has 1 aromatic heterocycles. The molecule has 0 spiro atoms. The van der Waals surface area contributed by atoms with E-state index >= 15 is 0 Å². The van der Waals surface area contributed by atoms with Gasteiger partial charge in [0.15, 0.2) is 6.61 Å². The third-order valence-corrected chi connectivity index (χ3v) is 3.08. The normalized spacial score (nSPS) is 10.2. The molecule has 0 bridgehead atoms. The Kier molecular flexibility index (Phi) is 3.64. The van der Waals surface area contributed by atoms with Crippen molar-refractivity contribution in [1.29, 1.82) is 0 Å². The van der Waals surface area contributed by atoms with Gasteiger partial charge < -0.3 is 9.30 Å². The first-order valence-corrected chi connectivity index (χ1v) is 5.99. The SMILES string of the molecule is Cn1cccc1C(=O)COc1ccccc1Br. The predicted octanol–water partition coefficient (Wildman–Crippen LogP) is 3.05. The molecule has 17 heavy (non-hydrogen) atoms. The van der Waals surface area contributed by atoms with E-state index in [4.69, 9.17) is 4.74 Å². The first-order chi connectivity index (χ1) is 8.18. The van der Waals surface area contributed by atoms with Crippen LogP contribution < -0.4 is 4.74 Å². The molecule has 0 radical (unpaired) electrons. The second-order valence-corrected chi connectivity index (χ2v) is 4.50. The average molecular weight is 294 g/mol. The minimum absolute atomic E-state index is 0.0340. The van der Waals surface area contributed by atoms with Crippen LogP contribution in [0.2, 0.25) is 0 Å². The van der Waals surface area contributed by atoms with Crippen LogP contribution in [-0.2, 0) is 7.05 Å². The van der Waals surface area contributed by atoms with Crippen molar-refractivity contribution in [3.8, 4) is 5.75 Å². The summed E-state index contributed by atoms with van der Waals surface area (Å²) in [5.41, 5.74) is 0.650. The number of benzene rings is 1. The maximum absolute atomic E-state index is 11.9. The van der Waals surface area contributed by atoms with Crippen LogP contribution in [0.4, 0.5) is 0 Å². The van der Waals surface area contributed by atoms with Crippen LogP contribution in [0.15, 0.2) is 47.1 Å². The molecule has 0 atom stereocenters. The molecule has 1 heterocycles. The van der Waals surface area contributed by atoms with E-state index in [2.05, 4.69) is 15.9 Å². The molecule has 2 rings (SSSR count). The van der Waals surface area contributed by atoms with Gasteiger partial charge in [0, 0.05) is 13.2 Å². The van der Waals surface area contributed by atoms with E-state index in [0.29, 0.717) is 11.4 Å². The van der Waals surface area contributed by atoms with Crippen molar-refractivity contribution in [2.24, 2.45) is 7.05 Å². The quantitative estimate of drug-likeness (QED) is 0.812. The molecular weight excluding hydrogens is 282 g/mol. The summed E-state index contributed by atoms with van der Waals surface area (Å²) >= 11 is 3.37. The van der Waals surface area contributed by atoms with Gasteiger partial charge in [0.1, 0.15) is 5.75 Å². The Bertz CT molecular complexity index is 534. The van der Waals surface area contributed by atoms with Gasteiger partial charge in [0.2, 0.25) is 5.78 Å². The zero-order valence-corrected chi connectivity index (χ0v) is 11.0. The Hall–Kier alpha value is -1.55. The van der Waals surface area contributed by atoms with E-state index < -0.39 is 0 Å². The molecule has 0 aliphatic carbocycles. The molecule has 0 N–H and O–H groups in total. The lowest BCUT2D eigenvalue weighted by Gasteiger charge is -2.07. The molecule has 0 unspecified atom stereocenters. The van der Waals surface area contributed by atoms with Crippen molar-refractivity contribution >= 4 is 21.7 Å². The van der Waals surface area contributed by atoms with Crippen LogP contribution in [0, 0.1) is 0 Å². The van der Waals surface area contributed by atoms with Crippen LogP contribution in [0.5, 0.6) is 5.75 Å². The van der Waals surface area contributed by atoms with Crippen LogP contribution in [-0.4, -0.2) is 17.0 Å². The van der Waals surface area contributed by atoms with Crippen molar-refractivity contribution in [3.63, 3.8) is 0 Å². The summed E-state index contributed by atoms with van der Waals surface area (Å²) in [5, 5.41) is 0. The summed E-state index contributed by atoms with van der Waals surface area (Å²) in [6.07, 6.45) is 1.84. The third kappa shape index (κ3) is 2.77. The van der Waals surface area contributed by atoms with Crippen molar-refractivity contribution in [2.75, 3.05) is 6.61 Å². The van der Waals surface area contributed by atoms with Gasteiger partial charge in [-0.2, -0.15) is 0 Å². The Morgan fingerprint density at radius 2 is 2.06 bits per heavy atom. The van der Waals surface area contributed by atoms with Gasteiger partial charge in [-0.3, -0.25) is 4.79 Å². The summed E-state index contributed by atoms with van der Waals surface area (Å²) in [7, 11) is 1.84. The molecule has 0 fully saturated rings. The number of ether oxygens (including phenoxy) is 1. The maximum atomic E-state index is 11.9. The molecule has 0 aliphatic rings. The average Bonchev–Trinajstić information content (AvgIpc) is 2.74. The highest BCUT2D eigenvalue weighted by atomic mass is 79.9. The zero-order chi connectivity index (χ0) is 12.3. The number of nitrogens with zero attached hydrogens (tertiary/aromatic N) is 1. The second-order valence-electron chi connectivity index (χ2n) is 3.65. The fourth-order valence-electron chi connectivity index (χ4n) is 1.53. The Morgan fingerprint density at radius 3 is 2.71 bits per heavy atom. The predicted molar refractivity (Wildman–Crippen MR) is 69.4 cm³/mol. The highest BCUT2D eigenvalue weighted by molar-refractivity contribution is 9.10. The Morgan fingerprint density at radius 1 is 1.29 bits per heavy atom. The second kappa shape index (κ2) is 5.19. The zero-order valence-electron chi connectivity index (χ0n) is 9.39. The van der Waals surface area contributed by atoms with Crippen LogP contribution in [0.1, 0.15) is 10.5 Å². The van der Waals surface area contributed by atoms with Crippen LogP contribution in [0.25, 0.3) is 0 Å². The van der Waals surface area contributed by atoms with Crippen LogP contribution in [0.3, 0.4) is 0 Å². The molecule has 0 aliphatic heterocycles. The highest BCUT2D eigenvalue weighted by Crippen LogP contribution is 2.23. The van der Waals surface area contributed by atoms with Gasteiger partial charge in [-0.25, -0.2) is 0 Å². The molecule has 0 amide bonds. The number of hydrogen-bond donors (Lipinski definition) is 0. The topological polar surface area (TPSA) is 31.2 Å². The van der Waals surface area contributed by atoms with E-state index in [9.17, 15) is 4.79 Å². The van der Waals surface area contributed by atoms with Gasteiger partial charge >= 0.3 is 0 Å². The highest BCUT2D eigenvalue weighted by Gasteiger charge is 2.10. The van der Waals surface area contributed by atoms with E-state index in [1.807, 2.05) is 43.6 Å². The first kappa shape index (κ1) is 11.9. The number of ketones is 1. The number of Topliss-reactive ketones (excluding diaryl/α,β-unsaturated/α-hetero) is 1. The smallest absolute Gasteiger partial charge is 0.216 e. The number of para-hydroxylation sites is 1. The number of carbonyl (C=O) groups is 1. The third-order valence-electron chi connectivity index (χ3n) is 2.42. The van der Waals surface area contributed by atoms with Gasteiger partial charge in [0.25, 0.3) is 0 Å². The molecule has 0 saturated heterocycles. The number of hydrogen-bond acceptors (Lipinski definition) is 2. The lowest BCUT2D eigenvalue weighted by Crippen LogP contribution is -2.14. The Labute approximate surface area is 108 Å². The van der Waals surface area contributed by atoms with Crippen molar-refractivity contribution in [2.45, 2.75) is 0 Å². The number of aryl methyl sites for hydroxylation is 1. The van der Waals surface area contributed by atoms with Gasteiger partial charge in [-0.15, -0.1) is 0 Å². The van der Waals surface area contributed by atoms with Gasteiger partial charge in [-0.1, -0.05) is 12.1 Å². The van der Waals surface area contributed by atoms with Crippen LogP contribution >= 0.6 is 15.9 Å². The lowest BCUT2D eigenvalue weighted by atomic mass is 10.3. The fraction of sp³-hybridized carbons (Fsp3) is 0.154. The van der Waals surface area contributed by atoms with Crippen molar-refractivity contribution in [1.82, 2.24) is 4.57 Å². The maximum Gasteiger partial charge on any atom is 0.216 e. The number of carbonyl (C=O) groups excluding carboxylic acids is 1. The minimum atomic E-state index is -0.0340. The van der Waals surface area contributed by atoms with Crippen molar-refractivity contribution < 1.29 is 9.53 Å². The lowest BCUT2D eigenvalue weighted by molar-refractivity contribution is 0.0913. The summed E-state index contributed by atoms with van der Waals surface area (Å²) in [5.74, 6) is 0.642. The fourth-order valence-corrected chi connectivity index (χ4v) is 1.93. The van der Waals surface area contributed by atoms with E-state index in [0.717, 1.165) is 4.47 Å². The standard InChI is InChI=1S/C13H12BrNO2/c1-15-8-4-6-11(15)12(16)9-17-13-7-3-2-5-10(13)14/h2-8H,9H2,1H3. The monoisotopic (exact) mass is 293 g/mol. The molecule has 0 saturated carbocycles. The van der Waals surface area contributed by atoms with Gasteiger partial charge in [0.05, 0.1) is 10.2 Å². The molecule has 88 valence electrons. The minimum Gasteiger partial charge on any atom is -0.484 e. The summed E-state index contributed by atoms with van der Waals surface area (Å²) in [6, 6.07) is 11.1. The number of aromatic nitrogens is 1. The van der Waals surface area contributed by atoms with Gasteiger partial charge in [-0.05, 0) is 40.2 Å². The number of halogens is 1. The van der Waals surface area contributed by atoms with Crippen molar-refractivity contribution in [3.05, 3.63) is 52.8 Å². The molecule has 1 aromatic carbocycles. The van der Waals surface area contributed by atoms with E-state index in [1.165, 1.54) is 0 Å². The summed E-state index contributed by atoms with van der Waals surface area (Å²) in [4.78, 5) is 11.9. The molecule has 2 aromatic rings. The molecule has 4 heteroatoms. The number of rotatable bonds is 4. The molecule has 3 nitrogen and oxygen atoms in total. The van der Waals surface area contributed by atoms with E-state index in [-0.39, 0.29) is 12.4 Å². The largest absolute Gasteiger partial charge is 0.484 e. The summed E-state index contributed by atoms with van der Waals surface area (Å²) < 4.78 is 8.10. The summed E-state index contributed by atoms with van der Waals surface area (Å²) in [6.45, 7) is 0.0421. The van der Waals surface area contributed by atoms with E-state index in [1.54, 1.807) is 10.6 Å². The first-order valence-electron chi connectivity index (χ1n) is 5.20.